The molecule has 0 N–H and O–H groups in total. The first-order valence-corrected chi connectivity index (χ1v) is 21.7. The first-order valence-electron chi connectivity index (χ1n) is 21.7. The number of ether oxygens (including phenoxy) is 1. The molecular formula is C54H47N5O2Pt. The summed E-state index contributed by atoms with van der Waals surface area (Å²) in [5, 5.41) is 4.31. The summed E-state index contributed by atoms with van der Waals surface area (Å²) in [5.41, 5.74) is 12.7. The molecule has 0 amide bonds. The van der Waals surface area contributed by atoms with Gasteiger partial charge in [0.1, 0.15) is 11.4 Å². The van der Waals surface area contributed by atoms with E-state index in [0.717, 1.165) is 102 Å². The van der Waals surface area contributed by atoms with E-state index in [1.54, 1.807) is 0 Å². The molecule has 7 nitrogen and oxygen atoms in total. The Hall–Kier alpha value is -5.78. The predicted molar refractivity (Wildman–Crippen MR) is 245 cm³/mol. The Labute approximate surface area is 375 Å². The number of hydrogen-bond acceptors (Lipinski definition) is 5. The third-order valence-corrected chi connectivity index (χ3v) is 13.8. The maximum atomic E-state index is 6.86. The number of rotatable bonds is 5. The van der Waals surface area contributed by atoms with Crippen molar-refractivity contribution in [3.8, 4) is 28.6 Å². The second kappa shape index (κ2) is 14.1. The van der Waals surface area contributed by atoms with E-state index in [4.69, 9.17) is 24.1 Å². The Morgan fingerprint density at radius 3 is 2.35 bits per heavy atom. The van der Waals surface area contributed by atoms with Gasteiger partial charge in [-0.25, -0.2) is 9.97 Å². The van der Waals surface area contributed by atoms with Gasteiger partial charge in [-0.3, -0.25) is 4.57 Å². The number of aromatic nitrogens is 5. The molecule has 1 unspecified atom stereocenters. The summed E-state index contributed by atoms with van der Waals surface area (Å²) in [6, 6.07) is 38.8. The minimum Gasteiger partial charge on any atom is -0.503 e. The van der Waals surface area contributed by atoms with Gasteiger partial charge in [0.25, 0.3) is 0 Å². The number of para-hydroxylation sites is 2. The number of benzene rings is 5. The number of nitrogens with zero attached hydrogens (tertiary/aromatic N) is 5. The van der Waals surface area contributed by atoms with E-state index in [1.165, 1.54) is 30.4 Å². The fraction of sp³-hybridized carbons (Fsp3) is 0.278. The largest absolute Gasteiger partial charge is 2.00 e. The minimum atomic E-state index is 0. The number of imidazole rings is 2. The fourth-order valence-corrected chi connectivity index (χ4v) is 11.5. The Morgan fingerprint density at radius 1 is 0.726 bits per heavy atom. The molecule has 1 atom stereocenters. The minimum absolute atomic E-state index is 0. The molecule has 1 saturated carbocycles. The average molecular weight is 993 g/mol. The smallest absolute Gasteiger partial charge is 0.503 e. The predicted octanol–water partition coefficient (Wildman–Crippen LogP) is 13.5. The molecule has 2 aliphatic rings. The quantitative estimate of drug-likeness (QED) is 0.161. The molecule has 0 spiro atoms. The summed E-state index contributed by atoms with van der Waals surface area (Å²) >= 11 is 0. The summed E-state index contributed by atoms with van der Waals surface area (Å²) in [6.07, 6.45) is 10.1. The molecule has 5 aromatic carbocycles. The molecule has 0 bridgehead atoms. The normalized spacial score (nSPS) is 17.4. The second-order valence-electron chi connectivity index (χ2n) is 19.5. The third-order valence-electron chi connectivity index (χ3n) is 13.8. The zero-order valence-corrected chi connectivity index (χ0v) is 38.1. The van der Waals surface area contributed by atoms with Crippen molar-refractivity contribution in [3.05, 3.63) is 138 Å². The van der Waals surface area contributed by atoms with Crippen LogP contribution in [0.4, 0.5) is 0 Å². The van der Waals surface area contributed by atoms with Crippen LogP contribution in [-0.4, -0.2) is 23.9 Å². The van der Waals surface area contributed by atoms with Crippen molar-refractivity contribution in [2.24, 2.45) is 22.7 Å². The van der Waals surface area contributed by atoms with Crippen LogP contribution in [0, 0.1) is 48.6 Å². The third kappa shape index (κ3) is 6.29. The molecule has 12 rings (SSSR count). The number of pyridine rings is 2. The van der Waals surface area contributed by atoms with Gasteiger partial charge >= 0.3 is 21.1 Å². The Morgan fingerprint density at radius 2 is 1.52 bits per heavy atom. The molecule has 62 heavy (non-hydrogen) atoms. The van der Waals surface area contributed by atoms with Crippen LogP contribution in [0.3, 0.4) is 0 Å². The van der Waals surface area contributed by atoms with E-state index in [-0.39, 0.29) is 21.1 Å². The van der Waals surface area contributed by atoms with E-state index >= 15 is 0 Å². The zero-order valence-electron chi connectivity index (χ0n) is 35.9. The zero-order chi connectivity index (χ0) is 41.4. The Balaban J connectivity index is 0.00000432. The maximum absolute atomic E-state index is 6.86. The van der Waals surface area contributed by atoms with Crippen LogP contribution in [0.15, 0.2) is 108 Å². The van der Waals surface area contributed by atoms with Crippen LogP contribution in [0.5, 0.6) is 11.5 Å². The molecule has 1 fully saturated rings. The summed E-state index contributed by atoms with van der Waals surface area (Å²) in [6.45, 7) is 14.0. The summed E-state index contributed by atoms with van der Waals surface area (Å²) in [7, 11) is 0. The standard InChI is InChI=1S/C54H47N5O2.Pt/c1-31-19-49(56-28-32(31)2)59-47-25-38(16-17-46(47)58-45-14-10-9-13-43(45)57-52(58)59)60-39-23-41(51-42(24-39)50-40-12-8-7-11-33(40)15-18-48(50)61-51)44-22-35-20-34(21-36(35)29-55-44)37-26-53(3,4)30-54(5,6)27-37;/h7-19,22,24,28-29,34,37H,20-21,26-27,30H2,1-6H3;/q-2;+2. The van der Waals surface area contributed by atoms with E-state index in [1.807, 2.05) is 30.5 Å². The fourth-order valence-electron chi connectivity index (χ4n) is 11.5. The molecule has 5 aromatic heterocycles. The van der Waals surface area contributed by atoms with Gasteiger partial charge in [0.05, 0.1) is 16.6 Å². The van der Waals surface area contributed by atoms with E-state index < -0.39 is 0 Å². The van der Waals surface area contributed by atoms with Crippen LogP contribution in [0.2, 0.25) is 0 Å². The van der Waals surface area contributed by atoms with Crippen LogP contribution in [0.1, 0.15) is 69.2 Å². The van der Waals surface area contributed by atoms with Crippen molar-refractivity contribution in [2.75, 3.05) is 0 Å². The van der Waals surface area contributed by atoms with Gasteiger partial charge in [-0.15, -0.1) is 18.2 Å². The summed E-state index contributed by atoms with van der Waals surface area (Å²) in [5.74, 6) is 4.01. The number of furan rings is 1. The van der Waals surface area contributed by atoms with Gasteiger partial charge in [-0.2, -0.15) is 0 Å². The molecule has 310 valence electrons. The topological polar surface area (TPSA) is 70.4 Å². The van der Waals surface area contributed by atoms with Crippen molar-refractivity contribution >= 4 is 60.6 Å². The van der Waals surface area contributed by atoms with Gasteiger partial charge in [0.2, 0.25) is 5.78 Å². The van der Waals surface area contributed by atoms with Crippen LogP contribution in [0.25, 0.3) is 77.6 Å². The van der Waals surface area contributed by atoms with Gasteiger partial charge in [-0.1, -0.05) is 105 Å². The summed E-state index contributed by atoms with van der Waals surface area (Å²) in [4.78, 5) is 15.1. The maximum Gasteiger partial charge on any atom is 2.00 e. The van der Waals surface area contributed by atoms with Gasteiger partial charge in [-0.05, 0) is 137 Å². The second-order valence-corrected chi connectivity index (χ2v) is 19.5. The van der Waals surface area contributed by atoms with Gasteiger partial charge in [0.15, 0.2) is 0 Å². The molecule has 0 radical (unpaired) electrons. The Bertz CT molecular complexity index is 3430. The van der Waals surface area contributed by atoms with Gasteiger partial charge < -0.3 is 18.5 Å². The molecule has 10 aromatic rings. The van der Waals surface area contributed by atoms with Crippen molar-refractivity contribution in [2.45, 2.75) is 73.6 Å². The molecule has 0 saturated heterocycles. The van der Waals surface area contributed by atoms with E-state index in [0.29, 0.717) is 34.2 Å². The van der Waals surface area contributed by atoms with Crippen molar-refractivity contribution in [1.82, 2.24) is 23.9 Å². The first kappa shape index (κ1) is 39.1. The monoisotopic (exact) mass is 992 g/mol. The number of fused-ring (bicyclic) bond motifs is 11. The van der Waals surface area contributed by atoms with E-state index in [9.17, 15) is 0 Å². The number of aryl methyl sites for hydroxylation is 2. The molecular weight excluding hydrogens is 946 g/mol. The van der Waals surface area contributed by atoms with Gasteiger partial charge in [0, 0.05) is 29.3 Å². The molecule has 5 heterocycles. The first-order chi connectivity index (χ1) is 29.4. The molecule has 2 aliphatic carbocycles. The number of hydrogen-bond donors (Lipinski definition) is 0. The van der Waals surface area contributed by atoms with Crippen LogP contribution < -0.4 is 4.74 Å². The van der Waals surface area contributed by atoms with Crippen LogP contribution in [-0.2, 0) is 33.9 Å². The van der Waals surface area contributed by atoms with Crippen molar-refractivity contribution in [3.63, 3.8) is 0 Å². The summed E-state index contributed by atoms with van der Waals surface area (Å²) < 4.78 is 17.9. The molecule has 0 aliphatic heterocycles. The Kier molecular flexibility index (Phi) is 8.90. The molecule has 8 heteroatoms. The van der Waals surface area contributed by atoms with Crippen LogP contribution >= 0.6 is 0 Å². The van der Waals surface area contributed by atoms with Crippen molar-refractivity contribution in [1.29, 1.82) is 0 Å². The van der Waals surface area contributed by atoms with Crippen molar-refractivity contribution < 1.29 is 30.2 Å². The average Bonchev–Trinajstić information content (AvgIpc) is 4.00. The SMILES string of the molecule is Cc1cnc(-n2c3[c-]c(Oc4[c-]c(-c5cc6c(cn5)CC(C5CC(C)(C)CC(C)(C)C5)C6)c5oc6ccc7ccccc7c6c5c4)ccc3n3c4ccccc4nc23)cc1C.[Pt+2]. The van der Waals surface area contributed by atoms with E-state index in [2.05, 4.69) is 136 Å².